The highest BCUT2D eigenvalue weighted by Gasteiger charge is 2.16. The largest absolute Gasteiger partial charge is 0.354 e. The molecule has 3 aromatic carbocycles. The average Bonchev–Trinajstić information content (AvgIpc) is 3.17. The minimum atomic E-state index is 0.725. The minimum absolute atomic E-state index is 0.725. The van der Waals surface area contributed by atoms with E-state index in [-0.39, 0.29) is 0 Å². The van der Waals surface area contributed by atoms with Crippen molar-refractivity contribution in [3.8, 4) is 22.4 Å². The van der Waals surface area contributed by atoms with Crippen molar-refractivity contribution < 1.29 is 0 Å². The molecule has 5 aromatic rings. The fourth-order valence-corrected chi connectivity index (χ4v) is 4.30. The maximum absolute atomic E-state index is 5.79. The lowest BCUT2D eigenvalue weighted by molar-refractivity contribution is 0.748. The Balaban J connectivity index is 1.71. The summed E-state index contributed by atoms with van der Waals surface area (Å²) in [6.45, 7) is 0.725. The van der Waals surface area contributed by atoms with Crippen molar-refractivity contribution in [2.45, 2.75) is 19.3 Å². The third-order valence-corrected chi connectivity index (χ3v) is 5.80. The molecule has 5 rings (SSSR count). The van der Waals surface area contributed by atoms with Gasteiger partial charge in [-0.15, -0.1) is 0 Å². The van der Waals surface area contributed by atoms with Gasteiger partial charge in [0.05, 0.1) is 11.2 Å². The summed E-state index contributed by atoms with van der Waals surface area (Å²) < 4.78 is 0. The lowest BCUT2D eigenvalue weighted by Crippen LogP contribution is -1.99. The molecule has 0 saturated carbocycles. The molecule has 0 aliphatic carbocycles. The summed E-state index contributed by atoms with van der Waals surface area (Å²) in [5, 5.41) is 2.45. The predicted octanol–water partition coefficient (Wildman–Crippen LogP) is 6.33. The number of hydrogen-bond donors (Lipinski definition) is 2. The molecule has 0 bridgehead atoms. The van der Waals surface area contributed by atoms with Crippen molar-refractivity contribution in [2.24, 2.45) is 5.73 Å². The summed E-state index contributed by atoms with van der Waals surface area (Å²) >= 11 is 0. The first-order chi connectivity index (χ1) is 14.8. The fourth-order valence-electron chi connectivity index (χ4n) is 4.30. The Kier molecular flexibility index (Phi) is 5.04. The first-order valence-corrected chi connectivity index (χ1v) is 10.6. The molecule has 0 aliphatic rings. The highest BCUT2D eigenvalue weighted by molar-refractivity contribution is 5.99. The molecule has 148 valence electrons. The highest BCUT2D eigenvalue weighted by Crippen LogP contribution is 2.36. The molecular weight excluding hydrogens is 366 g/mol. The van der Waals surface area contributed by atoms with Gasteiger partial charge in [-0.1, -0.05) is 60.7 Å². The summed E-state index contributed by atoms with van der Waals surface area (Å²) in [5.41, 5.74) is 14.2. The summed E-state index contributed by atoms with van der Waals surface area (Å²) in [6, 6.07) is 27.8. The summed E-state index contributed by atoms with van der Waals surface area (Å²) in [6.07, 6.45) is 4.96. The van der Waals surface area contributed by atoms with Gasteiger partial charge in [0.15, 0.2) is 0 Å². The van der Waals surface area contributed by atoms with Crippen LogP contribution in [0.5, 0.6) is 0 Å². The smallest absolute Gasteiger partial charge is 0.0795 e. The first-order valence-electron chi connectivity index (χ1n) is 10.6. The van der Waals surface area contributed by atoms with E-state index in [1.54, 1.807) is 0 Å². The van der Waals surface area contributed by atoms with Crippen LogP contribution in [0.4, 0.5) is 0 Å². The van der Waals surface area contributed by atoms with Crippen molar-refractivity contribution in [1.29, 1.82) is 0 Å². The number of fused-ring (bicyclic) bond motifs is 2. The van der Waals surface area contributed by atoms with E-state index in [0.717, 1.165) is 42.3 Å². The van der Waals surface area contributed by atoms with Gasteiger partial charge >= 0.3 is 0 Å². The number of nitrogens with two attached hydrogens (primary N) is 1. The van der Waals surface area contributed by atoms with Crippen LogP contribution in [0.2, 0.25) is 0 Å². The quantitative estimate of drug-likeness (QED) is 0.332. The number of nitrogens with zero attached hydrogens (tertiary/aromatic N) is 1. The second-order valence-corrected chi connectivity index (χ2v) is 7.73. The first kappa shape index (κ1) is 18.6. The minimum Gasteiger partial charge on any atom is -0.354 e. The molecule has 0 atom stereocenters. The van der Waals surface area contributed by atoms with Crippen LogP contribution in [-0.2, 0) is 6.42 Å². The molecule has 3 nitrogen and oxygen atoms in total. The Morgan fingerprint density at radius 1 is 0.800 bits per heavy atom. The lowest BCUT2D eigenvalue weighted by atomic mass is 9.96. The van der Waals surface area contributed by atoms with Crippen molar-refractivity contribution in [3.63, 3.8) is 0 Å². The van der Waals surface area contributed by atoms with Crippen molar-refractivity contribution in [2.75, 3.05) is 6.54 Å². The van der Waals surface area contributed by atoms with E-state index in [4.69, 9.17) is 10.7 Å². The molecule has 0 amide bonds. The standard InChI is InChI=1S/C27H25N3/c28-16-5-4-12-22-24-18-21(19-8-2-1-3-9-19)14-15-25(24)30-27(22)23-13-6-10-20-11-7-17-29-26(20)23/h1-3,6-11,13-15,17-18,30H,4-5,12,16,28H2. The van der Waals surface area contributed by atoms with E-state index in [2.05, 4.69) is 77.8 Å². The van der Waals surface area contributed by atoms with E-state index in [0.29, 0.717) is 0 Å². The Hall–Kier alpha value is -3.43. The Morgan fingerprint density at radius 2 is 1.67 bits per heavy atom. The van der Waals surface area contributed by atoms with Crippen molar-refractivity contribution >= 4 is 21.8 Å². The summed E-state index contributed by atoms with van der Waals surface area (Å²) in [4.78, 5) is 8.40. The van der Waals surface area contributed by atoms with Crippen LogP contribution in [0.1, 0.15) is 18.4 Å². The van der Waals surface area contributed by atoms with Gasteiger partial charge in [0.1, 0.15) is 0 Å². The molecule has 0 unspecified atom stereocenters. The van der Waals surface area contributed by atoms with Crippen LogP contribution in [0, 0.1) is 0 Å². The van der Waals surface area contributed by atoms with Crippen molar-refractivity contribution in [1.82, 2.24) is 9.97 Å². The third kappa shape index (κ3) is 3.38. The number of H-pyrrole nitrogens is 1. The molecule has 0 saturated heterocycles. The van der Waals surface area contributed by atoms with Crippen LogP contribution in [0.3, 0.4) is 0 Å². The zero-order valence-corrected chi connectivity index (χ0v) is 16.9. The maximum Gasteiger partial charge on any atom is 0.0795 e. The van der Waals surface area contributed by atoms with Gasteiger partial charge in [-0.2, -0.15) is 0 Å². The molecular formula is C27H25N3. The zero-order valence-electron chi connectivity index (χ0n) is 16.9. The van der Waals surface area contributed by atoms with Crippen LogP contribution in [0.25, 0.3) is 44.2 Å². The SMILES string of the molecule is NCCCCc1c(-c2cccc3cccnc23)[nH]c2ccc(-c3ccccc3)cc12. The molecule has 3 N–H and O–H groups in total. The molecule has 0 radical (unpaired) electrons. The van der Waals surface area contributed by atoms with Gasteiger partial charge in [0, 0.05) is 28.0 Å². The second-order valence-electron chi connectivity index (χ2n) is 7.73. The monoisotopic (exact) mass is 391 g/mol. The number of aromatic nitrogens is 2. The molecule has 2 heterocycles. The van der Waals surface area contributed by atoms with E-state index >= 15 is 0 Å². The van der Waals surface area contributed by atoms with E-state index in [1.807, 2.05) is 12.3 Å². The van der Waals surface area contributed by atoms with Crippen LogP contribution < -0.4 is 5.73 Å². The number of aromatic amines is 1. The zero-order chi connectivity index (χ0) is 20.3. The number of unbranched alkanes of at least 4 members (excludes halogenated alkanes) is 1. The normalized spacial score (nSPS) is 11.4. The third-order valence-electron chi connectivity index (χ3n) is 5.80. The van der Waals surface area contributed by atoms with Gasteiger partial charge in [-0.3, -0.25) is 4.98 Å². The maximum atomic E-state index is 5.79. The van der Waals surface area contributed by atoms with Gasteiger partial charge < -0.3 is 10.7 Å². The van der Waals surface area contributed by atoms with Gasteiger partial charge in [-0.25, -0.2) is 0 Å². The number of rotatable bonds is 6. The van der Waals surface area contributed by atoms with Crippen LogP contribution in [0.15, 0.2) is 85.1 Å². The molecule has 0 spiro atoms. The van der Waals surface area contributed by atoms with Crippen LogP contribution >= 0.6 is 0 Å². The predicted molar refractivity (Wildman–Crippen MR) is 126 cm³/mol. The van der Waals surface area contributed by atoms with Gasteiger partial charge in [0.2, 0.25) is 0 Å². The Bertz CT molecular complexity index is 1300. The van der Waals surface area contributed by atoms with E-state index < -0.39 is 0 Å². The van der Waals surface area contributed by atoms with E-state index in [1.165, 1.54) is 33.3 Å². The number of aryl methyl sites for hydroxylation is 1. The lowest BCUT2D eigenvalue weighted by Gasteiger charge is -2.08. The fraction of sp³-hybridized carbons (Fsp3) is 0.148. The van der Waals surface area contributed by atoms with E-state index in [9.17, 15) is 0 Å². The molecule has 3 heteroatoms. The van der Waals surface area contributed by atoms with Crippen molar-refractivity contribution in [3.05, 3.63) is 90.6 Å². The average molecular weight is 392 g/mol. The number of para-hydroxylation sites is 1. The number of benzene rings is 3. The topological polar surface area (TPSA) is 54.7 Å². The molecule has 2 aromatic heterocycles. The molecule has 30 heavy (non-hydrogen) atoms. The van der Waals surface area contributed by atoms with Gasteiger partial charge in [-0.05, 0) is 60.7 Å². The summed E-state index contributed by atoms with van der Waals surface area (Å²) in [7, 11) is 0. The Labute approximate surface area is 176 Å². The Morgan fingerprint density at radius 3 is 2.53 bits per heavy atom. The summed E-state index contributed by atoms with van der Waals surface area (Å²) in [5.74, 6) is 0. The van der Waals surface area contributed by atoms with Gasteiger partial charge in [0.25, 0.3) is 0 Å². The van der Waals surface area contributed by atoms with Crippen LogP contribution in [-0.4, -0.2) is 16.5 Å². The number of pyridine rings is 1. The highest BCUT2D eigenvalue weighted by atomic mass is 14.7. The molecule has 0 fully saturated rings. The molecule has 0 aliphatic heterocycles. The number of hydrogen-bond acceptors (Lipinski definition) is 2. The second kappa shape index (κ2) is 8.13. The number of nitrogens with one attached hydrogen (secondary N) is 1.